The molecular formula is C33H38N6O4. The molecule has 3 aromatic rings. The summed E-state index contributed by atoms with van der Waals surface area (Å²) in [7, 11) is 3.60. The molecule has 2 aliphatic heterocycles. The van der Waals surface area contributed by atoms with Gasteiger partial charge in [-0.15, -0.1) is 0 Å². The van der Waals surface area contributed by atoms with E-state index in [4.69, 9.17) is 4.74 Å². The third-order valence-corrected chi connectivity index (χ3v) is 7.68. The lowest BCUT2D eigenvalue weighted by Gasteiger charge is -2.34. The number of hydrogen-bond acceptors (Lipinski definition) is 6. The van der Waals surface area contributed by atoms with Gasteiger partial charge in [0.15, 0.2) is 5.75 Å². The summed E-state index contributed by atoms with van der Waals surface area (Å²) >= 11 is 0. The molecule has 0 aromatic heterocycles. The van der Waals surface area contributed by atoms with Gasteiger partial charge in [0.2, 0.25) is 11.8 Å². The minimum absolute atomic E-state index is 0.0684. The average molecular weight is 583 g/mol. The van der Waals surface area contributed by atoms with Crippen LogP contribution in [0.1, 0.15) is 16.7 Å². The lowest BCUT2D eigenvalue weighted by molar-refractivity contribution is -0.136. The van der Waals surface area contributed by atoms with Crippen LogP contribution in [0.15, 0.2) is 91.2 Å². The predicted molar refractivity (Wildman–Crippen MR) is 165 cm³/mol. The molecule has 0 unspecified atom stereocenters. The van der Waals surface area contributed by atoms with Crippen LogP contribution in [0.2, 0.25) is 0 Å². The second-order valence-corrected chi connectivity index (χ2v) is 10.9. The molecule has 0 saturated carbocycles. The first kappa shape index (κ1) is 29.7. The van der Waals surface area contributed by atoms with E-state index in [0.717, 1.165) is 22.4 Å². The molecule has 224 valence electrons. The van der Waals surface area contributed by atoms with Crippen LogP contribution in [0, 0.1) is 0 Å². The molecule has 0 radical (unpaired) electrons. The van der Waals surface area contributed by atoms with Gasteiger partial charge in [-0.25, -0.2) is 9.80 Å². The first-order valence-corrected chi connectivity index (χ1v) is 14.4. The summed E-state index contributed by atoms with van der Waals surface area (Å²) in [6, 6.07) is 23.9. The zero-order chi connectivity index (χ0) is 30.3. The highest BCUT2D eigenvalue weighted by Gasteiger charge is 2.32. The standard InChI is InChI=1S/C33H38N6O4/c1-24-21-36(2)31-27(15-10-16-29(31)43-24)22-38-17-18-39(37(3)33(42)34-20-26-13-8-5-9-14-26)23-30(40)35-28(32(38)41)19-25-11-6-4-7-12-25/h4-16,28H,1,17-23H2,2-3H3,(H,34,42)(H,35,40)/t28-/m0/s1. The van der Waals surface area contributed by atoms with Gasteiger partial charge in [-0.2, -0.15) is 0 Å². The fourth-order valence-corrected chi connectivity index (χ4v) is 5.48. The number of carbonyl (C=O) groups excluding carboxylic acids is 3. The van der Waals surface area contributed by atoms with E-state index in [9.17, 15) is 14.4 Å². The Bertz CT molecular complexity index is 1460. The Balaban J connectivity index is 1.39. The first-order chi connectivity index (χ1) is 20.8. The Kier molecular flexibility index (Phi) is 9.26. The summed E-state index contributed by atoms with van der Waals surface area (Å²) in [6.45, 7) is 5.69. The number of ether oxygens (including phenoxy) is 1. The van der Waals surface area contributed by atoms with Gasteiger partial charge in [0, 0.05) is 46.7 Å². The molecule has 3 aromatic carbocycles. The Morgan fingerprint density at radius 1 is 0.977 bits per heavy atom. The second-order valence-electron chi connectivity index (χ2n) is 10.9. The summed E-state index contributed by atoms with van der Waals surface area (Å²) in [5.74, 6) is 0.832. The topological polar surface area (TPSA) is 97.5 Å². The summed E-state index contributed by atoms with van der Waals surface area (Å²) < 4.78 is 5.91. The quantitative estimate of drug-likeness (QED) is 0.445. The van der Waals surface area contributed by atoms with Gasteiger partial charge < -0.3 is 25.2 Å². The van der Waals surface area contributed by atoms with Crippen LogP contribution in [0.25, 0.3) is 0 Å². The van der Waals surface area contributed by atoms with E-state index < -0.39 is 6.04 Å². The van der Waals surface area contributed by atoms with Crippen molar-refractivity contribution in [2.24, 2.45) is 0 Å². The van der Waals surface area contributed by atoms with Crippen molar-refractivity contribution < 1.29 is 19.1 Å². The number of urea groups is 1. The lowest BCUT2D eigenvalue weighted by Crippen LogP contribution is -2.53. The van der Waals surface area contributed by atoms with Gasteiger partial charge in [-0.1, -0.05) is 79.4 Å². The van der Waals surface area contributed by atoms with Gasteiger partial charge in [0.25, 0.3) is 0 Å². The van der Waals surface area contributed by atoms with Crippen molar-refractivity contribution in [3.63, 3.8) is 0 Å². The Labute approximate surface area is 252 Å². The van der Waals surface area contributed by atoms with Crippen LogP contribution < -0.4 is 20.3 Å². The molecular weight excluding hydrogens is 544 g/mol. The SMILES string of the molecule is C=C1CN(C)c2c(CN3CCN(N(C)C(=O)NCc4ccccc4)CC(=O)N[C@@H](Cc4ccccc4)C3=O)cccc2O1. The molecule has 4 amide bonds. The van der Waals surface area contributed by atoms with Gasteiger partial charge in [0.05, 0.1) is 18.8 Å². The molecule has 2 aliphatic rings. The number of hydrogen-bond donors (Lipinski definition) is 2. The van der Waals surface area contributed by atoms with Crippen molar-refractivity contribution in [2.45, 2.75) is 25.6 Å². The van der Waals surface area contributed by atoms with Gasteiger partial charge in [0.1, 0.15) is 11.8 Å². The fraction of sp³-hybridized carbons (Fsp3) is 0.303. The number of para-hydroxylation sites is 1. The summed E-state index contributed by atoms with van der Waals surface area (Å²) in [4.78, 5) is 44.3. The number of benzene rings is 3. The van der Waals surface area contributed by atoms with Crippen LogP contribution in [0.5, 0.6) is 5.75 Å². The van der Waals surface area contributed by atoms with E-state index in [2.05, 4.69) is 22.1 Å². The van der Waals surface area contributed by atoms with E-state index in [1.807, 2.05) is 85.9 Å². The summed E-state index contributed by atoms with van der Waals surface area (Å²) in [5, 5.41) is 8.95. The van der Waals surface area contributed by atoms with Crippen molar-refractivity contribution in [2.75, 3.05) is 45.2 Å². The van der Waals surface area contributed by atoms with Crippen LogP contribution in [-0.2, 0) is 29.1 Å². The summed E-state index contributed by atoms with van der Waals surface area (Å²) in [5.41, 5.74) is 3.74. The molecule has 0 aliphatic carbocycles. The zero-order valence-electron chi connectivity index (χ0n) is 24.7. The molecule has 2 N–H and O–H groups in total. The van der Waals surface area contributed by atoms with Crippen molar-refractivity contribution in [1.29, 1.82) is 0 Å². The van der Waals surface area contributed by atoms with Gasteiger partial charge in [-0.05, 0) is 22.8 Å². The molecule has 2 heterocycles. The Morgan fingerprint density at radius 3 is 2.40 bits per heavy atom. The number of nitrogens with one attached hydrogen (secondary N) is 2. The van der Waals surface area contributed by atoms with Crippen molar-refractivity contribution >= 4 is 23.5 Å². The molecule has 1 fully saturated rings. The van der Waals surface area contributed by atoms with Crippen molar-refractivity contribution in [3.8, 4) is 5.75 Å². The summed E-state index contributed by atoms with van der Waals surface area (Å²) in [6.07, 6.45) is 0.352. The minimum Gasteiger partial charge on any atom is -0.458 e. The third kappa shape index (κ3) is 7.34. The van der Waals surface area contributed by atoms with Crippen LogP contribution in [-0.4, -0.2) is 79.1 Å². The van der Waals surface area contributed by atoms with E-state index in [0.29, 0.717) is 44.1 Å². The number of rotatable bonds is 7. The van der Waals surface area contributed by atoms with Crippen molar-refractivity contribution in [1.82, 2.24) is 25.6 Å². The van der Waals surface area contributed by atoms with Crippen LogP contribution in [0.4, 0.5) is 10.5 Å². The average Bonchev–Trinajstić information content (AvgIpc) is 3.05. The molecule has 1 atom stereocenters. The molecule has 0 bridgehead atoms. The van der Waals surface area contributed by atoms with Crippen molar-refractivity contribution in [3.05, 3.63) is 108 Å². The van der Waals surface area contributed by atoms with Crippen LogP contribution >= 0.6 is 0 Å². The number of amides is 4. The van der Waals surface area contributed by atoms with Gasteiger partial charge in [-0.3, -0.25) is 14.6 Å². The third-order valence-electron chi connectivity index (χ3n) is 7.68. The highest BCUT2D eigenvalue weighted by molar-refractivity contribution is 5.89. The highest BCUT2D eigenvalue weighted by Crippen LogP contribution is 2.37. The predicted octanol–water partition coefficient (Wildman–Crippen LogP) is 3.16. The molecule has 1 saturated heterocycles. The highest BCUT2D eigenvalue weighted by atomic mass is 16.5. The molecule has 43 heavy (non-hydrogen) atoms. The monoisotopic (exact) mass is 582 g/mol. The Morgan fingerprint density at radius 2 is 1.67 bits per heavy atom. The number of likely N-dealkylation sites (N-methyl/N-ethyl adjacent to an activating group) is 1. The van der Waals surface area contributed by atoms with Gasteiger partial charge >= 0.3 is 6.03 Å². The maximum Gasteiger partial charge on any atom is 0.331 e. The number of carbonyl (C=O) groups is 3. The number of hydrazine groups is 1. The Hall–Kier alpha value is -4.83. The number of anilines is 1. The normalized spacial score (nSPS) is 17.6. The van der Waals surface area contributed by atoms with E-state index in [1.54, 1.807) is 17.0 Å². The number of fused-ring (bicyclic) bond motifs is 1. The van der Waals surface area contributed by atoms with Crippen LogP contribution in [0.3, 0.4) is 0 Å². The smallest absolute Gasteiger partial charge is 0.331 e. The van der Waals surface area contributed by atoms with E-state index in [-0.39, 0.29) is 30.9 Å². The number of nitrogens with zero attached hydrogens (tertiary/aromatic N) is 4. The molecule has 5 rings (SSSR count). The largest absolute Gasteiger partial charge is 0.458 e. The molecule has 0 spiro atoms. The zero-order valence-corrected chi connectivity index (χ0v) is 24.7. The minimum atomic E-state index is -0.764. The first-order valence-electron chi connectivity index (χ1n) is 14.4. The maximum absolute atomic E-state index is 14.1. The molecule has 10 heteroatoms. The maximum atomic E-state index is 14.1. The second kappa shape index (κ2) is 13.4. The van der Waals surface area contributed by atoms with E-state index >= 15 is 0 Å². The molecule has 10 nitrogen and oxygen atoms in total. The lowest BCUT2D eigenvalue weighted by atomic mass is 10.0. The van der Waals surface area contributed by atoms with E-state index in [1.165, 1.54) is 5.01 Å². The fourth-order valence-electron chi connectivity index (χ4n) is 5.48.